The van der Waals surface area contributed by atoms with Gasteiger partial charge in [-0.2, -0.15) is 8.78 Å². The Bertz CT molecular complexity index is 944. The largest absolute Gasteiger partial charge is 0.435 e. The minimum atomic E-state index is -2.93. The SMILES string of the molecule is C/C=C/CNc1cccc(C2(c3ccc(OC(F)F)cc3)N=C(N)N(C)C2=O)c1. The number of carbonyl (C=O) groups excluding carboxylic acids is 1. The van der Waals surface area contributed by atoms with Crippen LogP contribution in [0.2, 0.25) is 0 Å². The highest BCUT2D eigenvalue weighted by molar-refractivity contribution is 6.09. The summed E-state index contributed by atoms with van der Waals surface area (Å²) in [5, 5.41) is 3.25. The molecule has 3 N–H and O–H groups in total. The van der Waals surface area contributed by atoms with Gasteiger partial charge in [-0.15, -0.1) is 0 Å². The van der Waals surface area contributed by atoms with E-state index < -0.39 is 12.2 Å². The first-order chi connectivity index (χ1) is 13.9. The quantitative estimate of drug-likeness (QED) is 0.699. The average molecular weight is 400 g/mol. The van der Waals surface area contributed by atoms with Crippen LogP contribution in [-0.4, -0.2) is 37.0 Å². The van der Waals surface area contributed by atoms with E-state index in [-0.39, 0.29) is 17.6 Å². The number of likely N-dealkylation sites (N-methyl/N-ethyl adjacent to an activating group) is 1. The third kappa shape index (κ3) is 3.91. The Balaban J connectivity index is 2.07. The molecule has 0 radical (unpaired) electrons. The summed E-state index contributed by atoms with van der Waals surface area (Å²) in [6.07, 6.45) is 3.90. The molecular weight excluding hydrogens is 378 g/mol. The molecule has 1 atom stereocenters. The fraction of sp³-hybridized carbons (Fsp3) is 0.238. The molecule has 0 aliphatic carbocycles. The summed E-state index contributed by atoms with van der Waals surface area (Å²) in [5.41, 5.74) is 6.48. The Morgan fingerprint density at radius 1 is 1.24 bits per heavy atom. The number of allylic oxidation sites excluding steroid dienone is 1. The standard InChI is InChI=1S/C21H22F2N4O2/c1-3-4-12-25-16-7-5-6-15(13-16)21(18(28)27(2)20(24)26-21)14-8-10-17(11-9-14)29-19(22)23/h3-11,13,19,25H,12H2,1-2H3,(H2,24,26)/b4-3+. The molecule has 8 heteroatoms. The Labute approximate surface area is 167 Å². The van der Waals surface area contributed by atoms with Crippen molar-refractivity contribution in [2.45, 2.75) is 19.1 Å². The van der Waals surface area contributed by atoms with E-state index in [1.165, 1.54) is 17.0 Å². The summed E-state index contributed by atoms with van der Waals surface area (Å²) in [5.74, 6) is -0.255. The number of guanidine groups is 1. The zero-order chi connectivity index (χ0) is 21.0. The molecule has 0 spiro atoms. The molecule has 2 aromatic rings. The molecule has 0 saturated carbocycles. The lowest BCUT2D eigenvalue weighted by atomic mass is 9.82. The van der Waals surface area contributed by atoms with Crippen LogP contribution in [0.1, 0.15) is 18.1 Å². The van der Waals surface area contributed by atoms with Crippen LogP contribution in [0.4, 0.5) is 14.5 Å². The molecule has 6 nitrogen and oxygen atoms in total. The summed E-state index contributed by atoms with van der Waals surface area (Å²) in [7, 11) is 1.55. The molecule has 1 unspecified atom stereocenters. The first-order valence-electron chi connectivity index (χ1n) is 9.03. The summed E-state index contributed by atoms with van der Waals surface area (Å²) in [6, 6.07) is 13.2. The lowest BCUT2D eigenvalue weighted by molar-refractivity contribution is -0.129. The van der Waals surface area contributed by atoms with Crippen LogP contribution in [0.15, 0.2) is 65.7 Å². The van der Waals surface area contributed by atoms with Crippen LogP contribution in [0.5, 0.6) is 5.75 Å². The lowest BCUT2D eigenvalue weighted by Crippen LogP contribution is -2.41. The maximum Gasteiger partial charge on any atom is 0.387 e. The van der Waals surface area contributed by atoms with Gasteiger partial charge in [0, 0.05) is 19.3 Å². The highest BCUT2D eigenvalue weighted by Gasteiger charge is 2.49. The predicted octanol–water partition coefficient (Wildman–Crippen LogP) is 3.31. The predicted molar refractivity (Wildman–Crippen MR) is 108 cm³/mol. The monoisotopic (exact) mass is 400 g/mol. The molecule has 2 aromatic carbocycles. The maximum absolute atomic E-state index is 13.2. The van der Waals surface area contributed by atoms with Crippen LogP contribution in [0.3, 0.4) is 0 Å². The summed E-state index contributed by atoms with van der Waals surface area (Å²) < 4.78 is 29.3. The average Bonchev–Trinajstić information content (AvgIpc) is 2.93. The van der Waals surface area contributed by atoms with E-state index in [4.69, 9.17) is 5.73 Å². The van der Waals surface area contributed by atoms with Crippen LogP contribution >= 0.6 is 0 Å². The molecule has 152 valence electrons. The number of nitrogens with one attached hydrogen (secondary N) is 1. The van der Waals surface area contributed by atoms with Gasteiger partial charge in [0.2, 0.25) is 0 Å². The minimum absolute atomic E-state index is 0.00331. The molecule has 0 aromatic heterocycles. The number of ether oxygens (including phenoxy) is 1. The van der Waals surface area contributed by atoms with Gasteiger partial charge in [0.1, 0.15) is 5.75 Å². The number of benzene rings is 2. The minimum Gasteiger partial charge on any atom is -0.435 e. The van der Waals surface area contributed by atoms with Gasteiger partial charge in [-0.25, -0.2) is 4.99 Å². The van der Waals surface area contributed by atoms with E-state index in [1.807, 2.05) is 37.3 Å². The van der Waals surface area contributed by atoms with Crippen molar-refractivity contribution in [1.29, 1.82) is 0 Å². The molecular formula is C21H22F2N4O2. The Hall–Kier alpha value is -3.42. The smallest absolute Gasteiger partial charge is 0.387 e. The van der Waals surface area contributed by atoms with Gasteiger partial charge in [0.15, 0.2) is 11.5 Å². The normalized spacial score (nSPS) is 19.1. The number of nitrogens with zero attached hydrogens (tertiary/aromatic N) is 2. The topological polar surface area (TPSA) is 80.0 Å². The lowest BCUT2D eigenvalue weighted by Gasteiger charge is -2.26. The molecule has 1 aliphatic rings. The summed E-state index contributed by atoms with van der Waals surface area (Å²) >= 11 is 0. The zero-order valence-corrected chi connectivity index (χ0v) is 16.1. The van der Waals surface area contributed by atoms with Gasteiger partial charge < -0.3 is 15.8 Å². The fourth-order valence-corrected chi connectivity index (χ4v) is 3.21. The number of anilines is 1. The number of hydrogen-bond acceptors (Lipinski definition) is 5. The number of halogens is 2. The van der Waals surface area contributed by atoms with Gasteiger partial charge in [-0.1, -0.05) is 36.4 Å². The number of rotatable bonds is 7. The molecule has 29 heavy (non-hydrogen) atoms. The highest BCUT2D eigenvalue weighted by atomic mass is 19.3. The van der Waals surface area contributed by atoms with E-state index in [9.17, 15) is 13.6 Å². The molecule has 0 fully saturated rings. The third-order valence-electron chi connectivity index (χ3n) is 4.68. The number of carbonyl (C=O) groups is 1. The second-order valence-electron chi connectivity index (χ2n) is 6.48. The second-order valence-corrected chi connectivity index (χ2v) is 6.48. The molecule has 1 amide bonds. The van der Waals surface area contributed by atoms with E-state index in [0.717, 1.165) is 5.69 Å². The highest BCUT2D eigenvalue weighted by Crippen LogP contribution is 2.40. The summed E-state index contributed by atoms with van der Waals surface area (Å²) in [4.78, 5) is 19.0. The number of aliphatic imine (C=N–C) groups is 1. The molecule has 1 aliphatic heterocycles. The van der Waals surface area contributed by atoms with Crippen molar-refractivity contribution in [3.05, 3.63) is 71.8 Å². The number of amides is 1. The maximum atomic E-state index is 13.2. The Morgan fingerprint density at radius 3 is 2.55 bits per heavy atom. The van der Waals surface area contributed by atoms with Crippen molar-refractivity contribution < 1.29 is 18.3 Å². The van der Waals surface area contributed by atoms with E-state index in [2.05, 4.69) is 15.0 Å². The van der Waals surface area contributed by atoms with Crippen LogP contribution < -0.4 is 15.8 Å². The molecule has 3 rings (SSSR count). The Kier molecular flexibility index (Phi) is 5.81. The first kappa shape index (κ1) is 20.3. The fourth-order valence-electron chi connectivity index (χ4n) is 3.21. The van der Waals surface area contributed by atoms with Gasteiger partial charge in [-0.3, -0.25) is 9.69 Å². The molecule has 0 bridgehead atoms. The number of alkyl halides is 2. The molecule has 1 heterocycles. The van der Waals surface area contributed by atoms with E-state index >= 15 is 0 Å². The van der Waals surface area contributed by atoms with E-state index in [0.29, 0.717) is 17.7 Å². The first-order valence-corrected chi connectivity index (χ1v) is 9.03. The van der Waals surface area contributed by atoms with Crippen molar-refractivity contribution in [2.75, 3.05) is 18.9 Å². The second kappa shape index (κ2) is 8.30. The van der Waals surface area contributed by atoms with Gasteiger partial charge in [0.05, 0.1) is 0 Å². The van der Waals surface area contributed by atoms with Crippen LogP contribution in [0.25, 0.3) is 0 Å². The van der Waals surface area contributed by atoms with Crippen molar-refractivity contribution in [1.82, 2.24) is 4.90 Å². The van der Waals surface area contributed by atoms with Gasteiger partial charge >= 0.3 is 6.61 Å². The van der Waals surface area contributed by atoms with Crippen molar-refractivity contribution in [3.63, 3.8) is 0 Å². The van der Waals surface area contributed by atoms with Crippen molar-refractivity contribution in [3.8, 4) is 5.75 Å². The summed E-state index contributed by atoms with van der Waals surface area (Å²) in [6.45, 7) is -0.368. The van der Waals surface area contributed by atoms with Crippen molar-refractivity contribution in [2.24, 2.45) is 10.7 Å². The number of nitrogens with two attached hydrogens (primary N) is 1. The zero-order valence-electron chi connectivity index (χ0n) is 16.1. The number of hydrogen-bond donors (Lipinski definition) is 2. The Morgan fingerprint density at radius 2 is 1.97 bits per heavy atom. The van der Waals surface area contributed by atoms with E-state index in [1.54, 1.807) is 25.2 Å². The molecule has 0 saturated heterocycles. The van der Waals surface area contributed by atoms with Crippen LogP contribution in [-0.2, 0) is 10.3 Å². The van der Waals surface area contributed by atoms with Gasteiger partial charge in [0.25, 0.3) is 5.91 Å². The van der Waals surface area contributed by atoms with Crippen molar-refractivity contribution >= 4 is 17.6 Å². The van der Waals surface area contributed by atoms with Gasteiger partial charge in [-0.05, 0) is 42.3 Å². The van der Waals surface area contributed by atoms with Crippen LogP contribution in [0, 0.1) is 0 Å². The third-order valence-corrected chi connectivity index (χ3v) is 4.68.